The van der Waals surface area contributed by atoms with E-state index in [1.165, 1.54) is 0 Å². The van der Waals surface area contributed by atoms with Crippen LogP contribution in [0.25, 0.3) is 0 Å². The number of carboxylic acid groups (broad SMARTS) is 1. The highest BCUT2D eigenvalue weighted by Gasteiger charge is 2.47. The Kier molecular flexibility index (Phi) is 2.27. The highest BCUT2D eigenvalue weighted by atomic mass is 16.4. The second-order valence-corrected chi connectivity index (χ2v) is 4.22. The Morgan fingerprint density at radius 2 is 2.07 bits per heavy atom. The lowest BCUT2D eigenvalue weighted by atomic mass is 9.90. The molecule has 1 aromatic carbocycles. The van der Waals surface area contributed by atoms with E-state index in [2.05, 4.69) is 0 Å². The fourth-order valence-corrected chi connectivity index (χ4v) is 2.47. The van der Waals surface area contributed by atoms with Crippen LogP contribution in [0.1, 0.15) is 17.5 Å². The standard InChI is InChI=1S/C12H15NO2/c1-13(2)12(11(14)15)8-7-9-5-3-4-6-10(9)12/h3-6H,7-8H2,1-2H3,(H,14,15). The third-order valence-electron chi connectivity index (χ3n) is 3.34. The van der Waals surface area contributed by atoms with E-state index in [-0.39, 0.29) is 0 Å². The lowest BCUT2D eigenvalue weighted by molar-refractivity contribution is -0.150. The maximum atomic E-state index is 11.5. The number of benzene rings is 1. The van der Waals surface area contributed by atoms with E-state index in [4.69, 9.17) is 0 Å². The number of nitrogens with zero attached hydrogens (tertiary/aromatic N) is 1. The SMILES string of the molecule is CN(C)C1(C(=O)O)CCc2ccccc21. The Balaban J connectivity index is 2.59. The largest absolute Gasteiger partial charge is 0.480 e. The van der Waals surface area contributed by atoms with Gasteiger partial charge in [0.2, 0.25) is 0 Å². The molecule has 1 aliphatic rings. The third-order valence-corrected chi connectivity index (χ3v) is 3.34. The number of hydrogen-bond acceptors (Lipinski definition) is 2. The van der Waals surface area contributed by atoms with E-state index in [9.17, 15) is 9.90 Å². The first-order valence-corrected chi connectivity index (χ1v) is 5.08. The van der Waals surface area contributed by atoms with Crippen LogP contribution in [0.4, 0.5) is 0 Å². The summed E-state index contributed by atoms with van der Waals surface area (Å²) in [4.78, 5) is 13.3. The van der Waals surface area contributed by atoms with Crippen molar-refractivity contribution in [3.63, 3.8) is 0 Å². The molecule has 0 saturated heterocycles. The Morgan fingerprint density at radius 3 is 2.67 bits per heavy atom. The average Bonchev–Trinajstić information content (AvgIpc) is 2.57. The van der Waals surface area contributed by atoms with E-state index in [1.54, 1.807) is 4.90 Å². The van der Waals surface area contributed by atoms with E-state index in [0.29, 0.717) is 6.42 Å². The molecule has 15 heavy (non-hydrogen) atoms. The molecule has 1 N–H and O–H groups in total. The molecule has 3 nitrogen and oxygen atoms in total. The molecule has 0 saturated carbocycles. The summed E-state index contributed by atoms with van der Waals surface area (Å²) in [6, 6.07) is 7.82. The topological polar surface area (TPSA) is 40.5 Å². The number of hydrogen-bond donors (Lipinski definition) is 1. The van der Waals surface area contributed by atoms with Gasteiger partial charge in [0.05, 0.1) is 0 Å². The average molecular weight is 205 g/mol. The Labute approximate surface area is 89.3 Å². The molecule has 1 aromatic rings. The molecule has 0 aromatic heterocycles. The van der Waals surface area contributed by atoms with Gasteiger partial charge in [-0.05, 0) is 38.1 Å². The molecule has 0 bridgehead atoms. The number of fused-ring (bicyclic) bond motifs is 1. The van der Waals surface area contributed by atoms with Gasteiger partial charge in [0, 0.05) is 0 Å². The summed E-state index contributed by atoms with van der Waals surface area (Å²) in [5.74, 6) is -0.752. The highest BCUT2D eigenvalue weighted by Crippen LogP contribution is 2.40. The number of likely N-dealkylation sites (N-methyl/N-ethyl adjacent to an activating group) is 1. The molecule has 1 atom stereocenters. The highest BCUT2D eigenvalue weighted by molar-refractivity contribution is 5.82. The predicted molar refractivity (Wildman–Crippen MR) is 57.8 cm³/mol. The molecular formula is C12H15NO2. The number of aryl methyl sites for hydroxylation is 1. The minimum absolute atomic E-state index is 0.661. The maximum absolute atomic E-state index is 11.5. The van der Waals surface area contributed by atoms with Gasteiger partial charge in [0.1, 0.15) is 5.54 Å². The summed E-state index contributed by atoms with van der Waals surface area (Å²) >= 11 is 0. The van der Waals surface area contributed by atoms with Crippen molar-refractivity contribution < 1.29 is 9.90 Å². The van der Waals surface area contributed by atoms with Crippen molar-refractivity contribution in [1.29, 1.82) is 0 Å². The molecule has 0 amide bonds. The van der Waals surface area contributed by atoms with Crippen molar-refractivity contribution in [2.45, 2.75) is 18.4 Å². The van der Waals surface area contributed by atoms with Crippen LogP contribution in [-0.4, -0.2) is 30.1 Å². The molecule has 2 rings (SSSR count). The summed E-state index contributed by atoms with van der Waals surface area (Å²) in [5.41, 5.74) is 1.28. The monoisotopic (exact) mass is 205 g/mol. The smallest absolute Gasteiger partial charge is 0.328 e. The number of aliphatic carboxylic acids is 1. The van der Waals surface area contributed by atoms with Crippen LogP contribution < -0.4 is 0 Å². The number of carboxylic acids is 1. The van der Waals surface area contributed by atoms with E-state index >= 15 is 0 Å². The molecule has 3 heteroatoms. The van der Waals surface area contributed by atoms with Crippen LogP contribution in [0, 0.1) is 0 Å². The van der Waals surface area contributed by atoms with Gasteiger partial charge < -0.3 is 5.11 Å². The summed E-state index contributed by atoms with van der Waals surface area (Å²) in [6.07, 6.45) is 1.51. The Hall–Kier alpha value is -1.35. The quantitative estimate of drug-likeness (QED) is 0.795. The molecular weight excluding hydrogens is 190 g/mol. The van der Waals surface area contributed by atoms with Crippen molar-refractivity contribution in [2.75, 3.05) is 14.1 Å². The first-order chi connectivity index (χ1) is 7.09. The van der Waals surface area contributed by atoms with Crippen molar-refractivity contribution in [1.82, 2.24) is 4.90 Å². The van der Waals surface area contributed by atoms with Crippen LogP contribution in [-0.2, 0) is 16.8 Å². The zero-order chi connectivity index (χ0) is 11.1. The normalized spacial score (nSPS) is 24.2. The van der Waals surface area contributed by atoms with Gasteiger partial charge in [-0.2, -0.15) is 0 Å². The first kappa shape index (κ1) is 10.2. The second kappa shape index (κ2) is 3.35. The summed E-state index contributed by atoms with van der Waals surface area (Å²) in [7, 11) is 3.66. The van der Waals surface area contributed by atoms with E-state index < -0.39 is 11.5 Å². The molecule has 0 heterocycles. The molecule has 0 fully saturated rings. The summed E-state index contributed by atoms with van der Waals surface area (Å²) < 4.78 is 0. The minimum Gasteiger partial charge on any atom is -0.480 e. The van der Waals surface area contributed by atoms with Crippen LogP contribution in [0.2, 0.25) is 0 Å². The van der Waals surface area contributed by atoms with E-state index in [0.717, 1.165) is 17.5 Å². The molecule has 0 radical (unpaired) electrons. The van der Waals surface area contributed by atoms with Gasteiger partial charge in [0.25, 0.3) is 0 Å². The third kappa shape index (κ3) is 1.27. The Bertz CT molecular complexity index is 400. The van der Waals surface area contributed by atoms with Crippen LogP contribution >= 0.6 is 0 Å². The Morgan fingerprint density at radius 1 is 1.40 bits per heavy atom. The summed E-state index contributed by atoms with van der Waals surface area (Å²) in [5, 5.41) is 9.44. The van der Waals surface area contributed by atoms with Crippen molar-refractivity contribution in [3.05, 3.63) is 35.4 Å². The molecule has 1 aliphatic carbocycles. The lowest BCUT2D eigenvalue weighted by Crippen LogP contribution is -2.46. The van der Waals surface area contributed by atoms with Gasteiger partial charge >= 0.3 is 5.97 Å². The van der Waals surface area contributed by atoms with Crippen molar-refractivity contribution >= 4 is 5.97 Å². The van der Waals surface area contributed by atoms with Crippen molar-refractivity contribution in [3.8, 4) is 0 Å². The lowest BCUT2D eigenvalue weighted by Gasteiger charge is -2.32. The second-order valence-electron chi connectivity index (χ2n) is 4.22. The van der Waals surface area contributed by atoms with Gasteiger partial charge in [0.15, 0.2) is 0 Å². The van der Waals surface area contributed by atoms with Gasteiger partial charge in [-0.1, -0.05) is 24.3 Å². The van der Waals surface area contributed by atoms with Gasteiger partial charge in [-0.3, -0.25) is 4.90 Å². The van der Waals surface area contributed by atoms with Crippen LogP contribution in [0.15, 0.2) is 24.3 Å². The fraction of sp³-hybridized carbons (Fsp3) is 0.417. The zero-order valence-electron chi connectivity index (χ0n) is 9.03. The molecule has 0 aliphatic heterocycles. The predicted octanol–water partition coefficient (Wildman–Crippen LogP) is 1.47. The minimum atomic E-state index is -0.823. The number of carbonyl (C=O) groups is 1. The van der Waals surface area contributed by atoms with Gasteiger partial charge in [-0.15, -0.1) is 0 Å². The first-order valence-electron chi connectivity index (χ1n) is 5.08. The summed E-state index contributed by atoms with van der Waals surface area (Å²) in [6.45, 7) is 0. The van der Waals surface area contributed by atoms with E-state index in [1.807, 2.05) is 38.4 Å². The maximum Gasteiger partial charge on any atom is 0.328 e. The van der Waals surface area contributed by atoms with Crippen molar-refractivity contribution in [2.24, 2.45) is 0 Å². The fourth-order valence-electron chi connectivity index (χ4n) is 2.47. The van der Waals surface area contributed by atoms with Crippen LogP contribution in [0.3, 0.4) is 0 Å². The molecule has 1 unspecified atom stereocenters. The zero-order valence-corrected chi connectivity index (χ0v) is 9.03. The van der Waals surface area contributed by atoms with Crippen LogP contribution in [0.5, 0.6) is 0 Å². The molecule has 0 spiro atoms. The molecule has 80 valence electrons. The number of rotatable bonds is 2. The van der Waals surface area contributed by atoms with Gasteiger partial charge in [-0.25, -0.2) is 4.79 Å².